The number of rotatable bonds is 6. The Kier molecular flexibility index (Phi) is 4.30. The molecular formula is C13H17N3O2. The van der Waals surface area contributed by atoms with Crippen LogP contribution in [0.15, 0.2) is 28.7 Å². The molecule has 0 unspecified atom stereocenters. The van der Waals surface area contributed by atoms with Crippen molar-refractivity contribution in [3.8, 4) is 5.75 Å². The molecule has 2 rings (SSSR count). The van der Waals surface area contributed by atoms with Crippen molar-refractivity contribution in [1.82, 2.24) is 10.2 Å². The van der Waals surface area contributed by atoms with Gasteiger partial charge in [0, 0.05) is 6.42 Å². The zero-order valence-corrected chi connectivity index (χ0v) is 10.4. The van der Waals surface area contributed by atoms with Crippen LogP contribution in [-0.2, 0) is 19.4 Å². The van der Waals surface area contributed by atoms with Crippen molar-refractivity contribution in [2.75, 3.05) is 6.61 Å². The molecule has 0 saturated carbocycles. The third-order valence-corrected chi connectivity index (χ3v) is 2.56. The molecule has 0 spiro atoms. The zero-order valence-electron chi connectivity index (χ0n) is 10.4. The molecule has 0 aliphatic heterocycles. The van der Waals surface area contributed by atoms with Crippen LogP contribution in [0.4, 0.5) is 0 Å². The van der Waals surface area contributed by atoms with Gasteiger partial charge in [-0.05, 0) is 25.0 Å². The first-order valence-corrected chi connectivity index (χ1v) is 6.05. The van der Waals surface area contributed by atoms with E-state index in [0.29, 0.717) is 24.8 Å². The van der Waals surface area contributed by atoms with E-state index < -0.39 is 0 Å². The smallest absolute Gasteiger partial charge is 0.230 e. The minimum absolute atomic E-state index is 0.280. The Labute approximate surface area is 106 Å². The minimum atomic E-state index is 0.280. The Morgan fingerprint density at radius 1 is 1.17 bits per heavy atom. The van der Waals surface area contributed by atoms with E-state index in [1.165, 1.54) is 0 Å². The van der Waals surface area contributed by atoms with Gasteiger partial charge in [-0.3, -0.25) is 0 Å². The maximum atomic E-state index is 5.57. The summed E-state index contributed by atoms with van der Waals surface area (Å²) >= 11 is 0. The van der Waals surface area contributed by atoms with Gasteiger partial charge in [0.25, 0.3) is 0 Å². The molecule has 0 aliphatic rings. The average Bonchev–Trinajstić information content (AvgIpc) is 2.86. The lowest BCUT2D eigenvalue weighted by Crippen LogP contribution is -1.98. The molecular weight excluding hydrogens is 230 g/mol. The van der Waals surface area contributed by atoms with Crippen molar-refractivity contribution >= 4 is 0 Å². The second-order valence-electron chi connectivity index (χ2n) is 3.83. The van der Waals surface area contributed by atoms with Gasteiger partial charge in [0.2, 0.25) is 11.8 Å². The molecule has 0 radical (unpaired) electrons. The lowest BCUT2D eigenvalue weighted by Gasteiger charge is -2.08. The number of benzene rings is 1. The predicted molar refractivity (Wildman–Crippen MR) is 67.2 cm³/mol. The van der Waals surface area contributed by atoms with Gasteiger partial charge in [-0.2, -0.15) is 0 Å². The number of aryl methyl sites for hydroxylation is 2. The first-order chi connectivity index (χ1) is 8.83. The molecule has 1 aromatic carbocycles. The van der Waals surface area contributed by atoms with Crippen LogP contribution in [0.25, 0.3) is 0 Å². The number of aromatic nitrogens is 2. The molecule has 5 nitrogen and oxygen atoms in total. The molecule has 0 atom stereocenters. The standard InChI is InChI=1S/C13H17N3O2/c1-2-17-11-6-4-3-5-10(11)7-8-12-15-16-13(9-14)18-12/h3-6H,2,7-9,14H2,1H3. The zero-order chi connectivity index (χ0) is 12.8. The molecule has 0 fully saturated rings. The SMILES string of the molecule is CCOc1ccccc1CCc1nnc(CN)o1. The molecule has 1 aromatic heterocycles. The summed E-state index contributed by atoms with van der Waals surface area (Å²) < 4.78 is 10.9. The Bertz CT molecular complexity index is 496. The fourth-order valence-corrected chi connectivity index (χ4v) is 1.72. The van der Waals surface area contributed by atoms with Crippen LogP contribution in [0.5, 0.6) is 5.75 Å². The van der Waals surface area contributed by atoms with Crippen molar-refractivity contribution in [2.24, 2.45) is 5.73 Å². The van der Waals surface area contributed by atoms with Crippen LogP contribution >= 0.6 is 0 Å². The van der Waals surface area contributed by atoms with E-state index in [2.05, 4.69) is 10.2 Å². The van der Waals surface area contributed by atoms with Gasteiger partial charge in [-0.15, -0.1) is 10.2 Å². The molecule has 2 aromatic rings. The summed E-state index contributed by atoms with van der Waals surface area (Å²) in [6.07, 6.45) is 1.50. The maximum absolute atomic E-state index is 5.57. The molecule has 0 aliphatic carbocycles. The topological polar surface area (TPSA) is 74.2 Å². The molecule has 2 N–H and O–H groups in total. The van der Waals surface area contributed by atoms with E-state index in [4.69, 9.17) is 14.9 Å². The largest absolute Gasteiger partial charge is 0.494 e. The first-order valence-electron chi connectivity index (χ1n) is 6.05. The number of ether oxygens (including phenoxy) is 1. The highest BCUT2D eigenvalue weighted by Crippen LogP contribution is 2.19. The van der Waals surface area contributed by atoms with Crippen LogP contribution in [0, 0.1) is 0 Å². The number of nitrogens with zero attached hydrogens (tertiary/aromatic N) is 2. The van der Waals surface area contributed by atoms with E-state index in [0.717, 1.165) is 17.7 Å². The van der Waals surface area contributed by atoms with Crippen molar-refractivity contribution in [1.29, 1.82) is 0 Å². The summed E-state index contributed by atoms with van der Waals surface area (Å²) in [4.78, 5) is 0. The first kappa shape index (κ1) is 12.6. The highest BCUT2D eigenvalue weighted by atomic mass is 16.5. The van der Waals surface area contributed by atoms with Crippen molar-refractivity contribution in [2.45, 2.75) is 26.3 Å². The number of hydrogen-bond donors (Lipinski definition) is 1. The second kappa shape index (κ2) is 6.16. The van der Waals surface area contributed by atoms with Crippen LogP contribution in [-0.4, -0.2) is 16.8 Å². The third kappa shape index (κ3) is 3.07. The second-order valence-corrected chi connectivity index (χ2v) is 3.83. The molecule has 0 bridgehead atoms. The Hall–Kier alpha value is -1.88. The summed E-state index contributed by atoms with van der Waals surface area (Å²) in [5.41, 5.74) is 6.56. The van der Waals surface area contributed by atoms with Gasteiger partial charge in [0.05, 0.1) is 13.2 Å². The Morgan fingerprint density at radius 3 is 2.67 bits per heavy atom. The highest BCUT2D eigenvalue weighted by Gasteiger charge is 2.07. The van der Waals surface area contributed by atoms with E-state index in [9.17, 15) is 0 Å². The average molecular weight is 247 g/mol. The van der Waals surface area contributed by atoms with Crippen LogP contribution in [0.3, 0.4) is 0 Å². The fraction of sp³-hybridized carbons (Fsp3) is 0.385. The number of para-hydroxylation sites is 1. The molecule has 5 heteroatoms. The molecule has 18 heavy (non-hydrogen) atoms. The molecule has 96 valence electrons. The molecule has 0 amide bonds. The van der Waals surface area contributed by atoms with Gasteiger partial charge < -0.3 is 14.9 Å². The quantitative estimate of drug-likeness (QED) is 0.841. The Balaban J connectivity index is 2.01. The van der Waals surface area contributed by atoms with E-state index in [1.54, 1.807) is 0 Å². The van der Waals surface area contributed by atoms with E-state index >= 15 is 0 Å². The number of hydrogen-bond acceptors (Lipinski definition) is 5. The van der Waals surface area contributed by atoms with Crippen LogP contribution < -0.4 is 10.5 Å². The van der Waals surface area contributed by atoms with Crippen molar-refractivity contribution < 1.29 is 9.15 Å². The summed E-state index contributed by atoms with van der Waals surface area (Å²) in [5.74, 6) is 2.00. The van der Waals surface area contributed by atoms with E-state index in [-0.39, 0.29) is 6.54 Å². The predicted octanol–water partition coefficient (Wildman–Crippen LogP) is 1.71. The van der Waals surface area contributed by atoms with Crippen molar-refractivity contribution in [3.63, 3.8) is 0 Å². The van der Waals surface area contributed by atoms with E-state index in [1.807, 2.05) is 31.2 Å². The summed E-state index contributed by atoms with van der Waals surface area (Å²) in [6.45, 7) is 2.92. The molecule has 0 saturated heterocycles. The lowest BCUT2D eigenvalue weighted by atomic mass is 10.1. The van der Waals surface area contributed by atoms with Gasteiger partial charge in [0.1, 0.15) is 5.75 Å². The van der Waals surface area contributed by atoms with Gasteiger partial charge in [-0.1, -0.05) is 18.2 Å². The monoisotopic (exact) mass is 247 g/mol. The number of nitrogens with two attached hydrogens (primary N) is 1. The van der Waals surface area contributed by atoms with Gasteiger partial charge in [-0.25, -0.2) is 0 Å². The van der Waals surface area contributed by atoms with Gasteiger partial charge in [0.15, 0.2) is 0 Å². The van der Waals surface area contributed by atoms with Crippen LogP contribution in [0.1, 0.15) is 24.3 Å². The van der Waals surface area contributed by atoms with Crippen molar-refractivity contribution in [3.05, 3.63) is 41.6 Å². The summed E-state index contributed by atoms with van der Waals surface area (Å²) in [6, 6.07) is 7.98. The summed E-state index contributed by atoms with van der Waals surface area (Å²) in [5, 5.41) is 7.77. The summed E-state index contributed by atoms with van der Waals surface area (Å²) in [7, 11) is 0. The maximum Gasteiger partial charge on any atom is 0.230 e. The fourth-order valence-electron chi connectivity index (χ4n) is 1.72. The van der Waals surface area contributed by atoms with Gasteiger partial charge >= 0.3 is 0 Å². The minimum Gasteiger partial charge on any atom is -0.494 e. The lowest BCUT2D eigenvalue weighted by molar-refractivity contribution is 0.336. The molecule has 1 heterocycles. The highest BCUT2D eigenvalue weighted by molar-refractivity contribution is 5.33. The Morgan fingerprint density at radius 2 is 1.94 bits per heavy atom. The third-order valence-electron chi connectivity index (χ3n) is 2.56. The van der Waals surface area contributed by atoms with Crippen LogP contribution in [0.2, 0.25) is 0 Å². The normalized spacial score (nSPS) is 10.6.